The van der Waals surface area contributed by atoms with Crippen LogP contribution in [-0.2, 0) is 32.7 Å². The van der Waals surface area contributed by atoms with Gasteiger partial charge in [0.15, 0.2) is 0 Å². The van der Waals surface area contributed by atoms with Crippen molar-refractivity contribution in [1.29, 1.82) is 0 Å². The van der Waals surface area contributed by atoms with E-state index in [2.05, 4.69) is 0 Å². The van der Waals surface area contributed by atoms with Crippen molar-refractivity contribution in [2.45, 2.75) is 62.8 Å². The van der Waals surface area contributed by atoms with Crippen molar-refractivity contribution >= 4 is 8.41 Å². The largest absolute Gasteiger partial charge is 0.0776 e. The van der Waals surface area contributed by atoms with E-state index in [0.717, 1.165) is 0 Å². The molecule has 0 aromatic rings. The van der Waals surface area contributed by atoms with Gasteiger partial charge in [0.2, 0.25) is 0 Å². The Balaban J connectivity index is -0.00000000356. The predicted molar refractivity (Wildman–Crippen MR) is 57.9 cm³/mol. The summed E-state index contributed by atoms with van der Waals surface area (Å²) in [5.74, 6) is 0. The van der Waals surface area contributed by atoms with Crippen LogP contribution in [0.25, 0.3) is 0 Å². The van der Waals surface area contributed by atoms with E-state index in [9.17, 15) is 0 Å². The minimum absolute atomic E-state index is 0. The topological polar surface area (TPSA) is 0 Å². The summed E-state index contributed by atoms with van der Waals surface area (Å²) in [5.41, 5.74) is 0. The van der Waals surface area contributed by atoms with Crippen molar-refractivity contribution in [1.82, 2.24) is 0 Å². The molecular weight excluding hydrogens is 208 g/mol. The molecule has 0 rings (SSSR count). The average Bonchev–Trinajstić information content (AvgIpc) is 2.03. The van der Waals surface area contributed by atoms with Gasteiger partial charge in [0.05, 0.1) is 0 Å². The Labute approximate surface area is 103 Å². The molecule has 0 atom stereocenters. The maximum Gasteiger partial charge on any atom is 0 e. The van der Waals surface area contributed by atoms with Gasteiger partial charge >= 0.3 is 0 Å². The molecule has 11 heavy (non-hydrogen) atoms. The van der Waals surface area contributed by atoms with Crippen LogP contribution in [0.3, 0.4) is 0 Å². The molecule has 4 radical (unpaired) electrons. The number of rotatable bonds is 0. The Bertz CT molecular complexity index is 9.52. The SMILES string of the molecule is C.CC.CC.CC.CC.[B].[Y]. The van der Waals surface area contributed by atoms with E-state index in [1.807, 2.05) is 55.4 Å². The molecular formula is C9H28BY. The van der Waals surface area contributed by atoms with Gasteiger partial charge < -0.3 is 0 Å². The second-order valence-electron chi connectivity index (χ2n) is 0. The van der Waals surface area contributed by atoms with Gasteiger partial charge in [0.25, 0.3) is 0 Å². The molecule has 0 bridgehead atoms. The fourth-order valence-electron chi connectivity index (χ4n) is 0. The van der Waals surface area contributed by atoms with Crippen molar-refractivity contribution in [3.63, 3.8) is 0 Å². The van der Waals surface area contributed by atoms with Crippen LogP contribution in [0.15, 0.2) is 0 Å². The minimum Gasteiger partial charge on any atom is -0.0776 e. The molecule has 70 valence electrons. The zero-order valence-electron chi connectivity index (χ0n) is 9.15. The van der Waals surface area contributed by atoms with E-state index in [0.29, 0.717) is 0 Å². The zero-order valence-corrected chi connectivity index (χ0v) is 12.0. The molecule has 0 spiro atoms. The average molecular weight is 236 g/mol. The molecule has 0 aliphatic heterocycles. The van der Waals surface area contributed by atoms with Crippen LogP contribution in [0.1, 0.15) is 62.8 Å². The third-order valence-electron chi connectivity index (χ3n) is 0. The molecule has 0 aromatic heterocycles. The van der Waals surface area contributed by atoms with Crippen molar-refractivity contribution in [3.8, 4) is 0 Å². The van der Waals surface area contributed by atoms with Crippen LogP contribution in [-0.4, -0.2) is 8.41 Å². The Morgan fingerprint density at radius 1 is 0.455 bits per heavy atom. The van der Waals surface area contributed by atoms with Crippen molar-refractivity contribution in [2.24, 2.45) is 0 Å². The van der Waals surface area contributed by atoms with Crippen LogP contribution in [0.4, 0.5) is 0 Å². The summed E-state index contributed by atoms with van der Waals surface area (Å²) in [7, 11) is 0. The van der Waals surface area contributed by atoms with Crippen molar-refractivity contribution in [2.75, 3.05) is 0 Å². The Hall–Kier alpha value is 1.17. The van der Waals surface area contributed by atoms with E-state index in [1.54, 1.807) is 0 Å². The predicted octanol–water partition coefficient (Wildman–Crippen LogP) is 4.36. The van der Waals surface area contributed by atoms with E-state index in [1.165, 1.54) is 0 Å². The van der Waals surface area contributed by atoms with Gasteiger partial charge in [0.1, 0.15) is 0 Å². The summed E-state index contributed by atoms with van der Waals surface area (Å²) in [6.07, 6.45) is 0. The van der Waals surface area contributed by atoms with Gasteiger partial charge in [-0.3, -0.25) is 0 Å². The van der Waals surface area contributed by atoms with Crippen LogP contribution in [0.2, 0.25) is 0 Å². The van der Waals surface area contributed by atoms with Crippen molar-refractivity contribution in [3.05, 3.63) is 0 Å². The van der Waals surface area contributed by atoms with Gasteiger partial charge in [0, 0.05) is 41.1 Å². The summed E-state index contributed by atoms with van der Waals surface area (Å²) in [5, 5.41) is 0. The molecule has 0 amide bonds. The quantitative estimate of drug-likeness (QED) is 0.548. The summed E-state index contributed by atoms with van der Waals surface area (Å²) < 4.78 is 0. The molecule has 0 unspecified atom stereocenters. The Kier molecular flexibility index (Phi) is 4370. The van der Waals surface area contributed by atoms with Gasteiger partial charge in [-0.2, -0.15) is 0 Å². The second-order valence-corrected chi connectivity index (χ2v) is 0. The zero-order chi connectivity index (χ0) is 8.00. The first-order valence-electron chi connectivity index (χ1n) is 4.00. The molecule has 0 fully saturated rings. The fourth-order valence-corrected chi connectivity index (χ4v) is 0. The maximum absolute atomic E-state index is 2.00. The molecule has 0 saturated carbocycles. The first kappa shape index (κ1) is 56.8. The van der Waals surface area contributed by atoms with E-state index < -0.39 is 0 Å². The van der Waals surface area contributed by atoms with Crippen LogP contribution in [0, 0.1) is 0 Å². The van der Waals surface area contributed by atoms with Crippen LogP contribution >= 0.6 is 0 Å². The molecule has 0 aromatic carbocycles. The van der Waals surface area contributed by atoms with Crippen molar-refractivity contribution < 1.29 is 32.7 Å². The Morgan fingerprint density at radius 3 is 0.455 bits per heavy atom. The molecule has 0 heterocycles. The van der Waals surface area contributed by atoms with Gasteiger partial charge in [-0.05, 0) is 0 Å². The molecule has 0 saturated heterocycles. The van der Waals surface area contributed by atoms with Gasteiger partial charge in [-0.15, -0.1) is 0 Å². The summed E-state index contributed by atoms with van der Waals surface area (Å²) >= 11 is 0. The standard InChI is InChI=1S/4C2H6.CH4.B.Y/c4*1-2;;;/h4*1-2H3;1H4;;. The summed E-state index contributed by atoms with van der Waals surface area (Å²) in [6.45, 7) is 16.0. The molecule has 0 aliphatic carbocycles. The monoisotopic (exact) mass is 236 g/mol. The minimum atomic E-state index is 0. The summed E-state index contributed by atoms with van der Waals surface area (Å²) in [6, 6.07) is 0. The smallest absolute Gasteiger partial charge is 0 e. The number of hydrogen-bond acceptors (Lipinski definition) is 0. The normalized spacial score (nSPS) is 2.18. The fraction of sp³-hybridized carbons (Fsp3) is 1.00. The van der Waals surface area contributed by atoms with E-state index in [-0.39, 0.29) is 48.5 Å². The molecule has 0 N–H and O–H groups in total. The maximum atomic E-state index is 2.00. The Morgan fingerprint density at radius 2 is 0.455 bits per heavy atom. The van der Waals surface area contributed by atoms with Crippen LogP contribution in [0.5, 0.6) is 0 Å². The van der Waals surface area contributed by atoms with Gasteiger partial charge in [-0.25, -0.2) is 0 Å². The third-order valence-corrected chi connectivity index (χ3v) is 0. The van der Waals surface area contributed by atoms with Gasteiger partial charge in [-0.1, -0.05) is 62.8 Å². The second kappa shape index (κ2) is 845. The molecule has 0 nitrogen and oxygen atoms in total. The first-order valence-corrected chi connectivity index (χ1v) is 4.00. The summed E-state index contributed by atoms with van der Waals surface area (Å²) in [4.78, 5) is 0. The first-order chi connectivity index (χ1) is 4.00. The third kappa shape index (κ3) is 687. The van der Waals surface area contributed by atoms with E-state index in [4.69, 9.17) is 0 Å². The van der Waals surface area contributed by atoms with E-state index >= 15 is 0 Å². The molecule has 2 heteroatoms. The molecule has 0 aliphatic rings. The number of hydrogen-bond donors (Lipinski definition) is 0. The van der Waals surface area contributed by atoms with Crippen LogP contribution < -0.4 is 0 Å².